The Labute approximate surface area is 125 Å². The molecule has 4 N–H and O–H groups in total. The van der Waals surface area contributed by atoms with Crippen LogP contribution in [0.4, 0.5) is 5.69 Å². The van der Waals surface area contributed by atoms with Gasteiger partial charge in [0.25, 0.3) is 0 Å². The lowest BCUT2D eigenvalue weighted by Crippen LogP contribution is -2.40. The van der Waals surface area contributed by atoms with Crippen molar-refractivity contribution in [3.63, 3.8) is 0 Å². The van der Waals surface area contributed by atoms with Gasteiger partial charge in [-0.15, -0.1) is 0 Å². The van der Waals surface area contributed by atoms with Crippen molar-refractivity contribution in [2.24, 2.45) is 10.7 Å². The predicted octanol–water partition coefficient (Wildman–Crippen LogP) is 1.61. The van der Waals surface area contributed by atoms with Gasteiger partial charge < -0.3 is 21.3 Å². The van der Waals surface area contributed by atoms with Gasteiger partial charge in [-0.3, -0.25) is 0 Å². The van der Waals surface area contributed by atoms with Gasteiger partial charge in [0.1, 0.15) is 11.9 Å². The second-order valence-electron chi connectivity index (χ2n) is 5.97. The van der Waals surface area contributed by atoms with Crippen molar-refractivity contribution in [3.8, 4) is 0 Å². The molecule has 3 rings (SSSR count). The lowest BCUT2D eigenvalue weighted by atomic mass is 9.99. The third-order valence-electron chi connectivity index (χ3n) is 3.95. The maximum Gasteiger partial charge on any atom is 0.195 e. The molecular formula is C16H23N5. The van der Waals surface area contributed by atoms with Gasteiger partial charge >= 0.3 is 0 Å². The molecule has 2 aliphatic rings. The molecule has 0 aromatic heterocycles. The fourth-order valence-electron chi connectivity index (χ4n) is 2.69. The molecule has 0 radical (unpaired) electrons. The number of nitrogens with zero attached hydrogens (tertiary/aromatic N) is 2. The Kier molecular flexibility index (Phi) is 3.49. The van der Waals surface area contributed by atoms with Gasteiger partial charge in [0.2, 0.25) is 0 Å². The molecule has 0 spiro atoms. The van der Waals surface area contributed by atoms with E-state index in [0.29, 0.717) is 12.0 Å². The number of guanidine groups is 1. The predicted molar refractivity (Wildman–Crippen MR) is 87.2 cm³/mol. The van der Waals surface area contributed by atoms with E-state index in [0.717, 1.165) is 5.82 Å². The number of nitrogens with one attached hydrogen (secondary N) is 2. The fraction of sp³-hybridized carbons (Fsp3) is 0.438. The van der Waals surface area contributed by atoms with E-state index in [-0.39, 0.29) is 6.04 Å². The highest BCUT2D eigenvalue weighted by Gasteiger charge is 2.25. The van der Waals surface area contributed by atoms with Crippen molar-refractivity contribution >= 4 is 11.6 Å². The van der Waals surface area contributed by atoms with Crippen molar-refractivity contribution < 1.29 is 0 Å². The Morgan fingerprint density at radius 3 is 2.76 bits per heavy atom. The third kappa shape index (κ3) is 2.96. The second-order valence-corrected chi connectivity index (χ2v) is 5.97. The Balaban J connectivity index is 1.92. The molecule has 1 atom stereocenters. The highest BCUT2D eigenvalue weighted by molar-refractivity contribution is 5.81. The van der Waals surface area contributed by atoms with Gasteiger partial charge in [0.15, 0.2) is 5.96 Å². The van der Waals surface area contributed by atoms with Gasteiger partial charge in [-0.2, -0.15) is 0 Å². The molecule has 1 fully saturated rings. The Hall–Kier alpha value is -2.17. The second kappa shape index (κ2) is 5.31. The molecule has 21 heavy (non-hydrogen) atoms. The average Bonchev–Trinajstić information content (AvgIpc) is 3.21. The summed E-state index contributed by atoms with van der Waals surface area (Å²) in [5, 5.41) is 6.57. The standard InChI is InChI=1S/C16H23N5/c1-10-12(5-4-6-14(10)21(2)3)13-9-15(18-11-7-8-11)20-16(17)19-13/h4-6,9,11,13,18H,7-8H2,1-3H3,(H3,17,19,20). The number of anilines is 1. The average molecular weight is 285 g/mol. The summed E-state index contributed by atoms with van der Waals surface area (Å²) >= 11 is 0. The topological polar surface area (TPSA) is 65.7 Å². The summed E-state index contributed by atoms with van der Waals surface area (Å²) in [5.41, 5.74) is 9.60. The molecule has 1 aromatic carbocycles. The van der Waals surface area contributed by atoms with Crippen LogP contribution in [0.2, 0.25) is 0 Å². The fourth-order valence-corrected chi connectivity index (χ4v) is 2.69. The minimum Gasteiger partial charge on any atom is -0.377 e. The van der Waals surface area contributed by atoms with E-state index in [4.69, 9.17) is 5.73 Å². The van der Waals surface area contributed by atoms with Crippen molar-refractivity contribution in [1.29, 1.82) is 0 Å². The lowest BCUT2D eigenvalue weighted by molar-refractivity contribution is 0.714. The Morgan fingerprint density at radius 1 is 1.33 bits per heavy atom. The highest BCUT2D eigenvalue weighted by Crippen LogP contribution is 2.31. The van der Waals surface area contributed by atoms with Gasteiger partial charge in [0, 0.05) is 25.8 Å². The molecule has 1 heterocycles. The van der Waals surface area contributed by atoms with Crippen LogP contribution in [-0.2, 0) is 0 Å². The molecule has 1 saturated carbocycles. The monoisotopic (exact) mass is 285 g/mol. The summed E-state index contributed by atoms with van der Waals surface area (Å²) in [6.45, 7) is 2.14. The Bertz CT molecular complexity index is 599. The number of aliphatic imine (C=N–C) groups is 1. The third-order valence-corrected chi connectivity index (χ3v) is 3.95. The molecule has 0 amide bonds. The van der Waals surface area contributed by atoms with Crippen LogP contribution < -0.4 is 21.3 Å². The number of hydrogen-bond donors (Lipinski definition) is 3. The summed E-state index contributed by atoms with van der Waals surface area (Å²) in [4.78, 5) is 6.67. The minimum atomic E-state index is -0.0348. The molecule has 1 unspecified atom stereocenters. The van der Waals surface area contributed by atoms with Crippen LogP contribution in [0.3, 0.4) is 0 Å². The Morgan fingerprint density at radius 2 is 2.10 bits per heavy atom. The van der Waals surface area contributed by atoms with Crippen LogP contribution in [0, 0.1) is 6.92 Å². The zero-order valence-corrected chi connectivity index (χ0v) is 12.9. The molecule has 1 aliphatic heterocycles. The summed E-state index contributed by atoms with van der Waals surface area (Å²) < 4.78 is 0. The molecule has 112 valence electrons. The van der Waals surface area contributed by atoms with Crippen LogP contribution in [0.25, 0.3) is 0 Å². The van der Waals surface area contributed by atoms with Crippen LogP contribution >= 0.6 is 0 Å². The maximum atomic E-state index is 5.94. The van der Waals surface area contributed by atoms with Crippen LogP contribution in [0.15, 0.2) is 35.1 Å². The first kappa shape index (κ1) is 13.8. The van der Waals surface area contributed by atoms with E-state index in [1.54, 1.807) is 0 Å². The number of hydrogen-bond acceptors (Lipinski definition) is 5. The molecule has 5 nitrogen and oxygen atoms in total. The zero-order chi connectivity index (χ0) is 15.0. The van der Waals surface area contributed by atoms with Gasteiger partial charge in [-0.1, -0.05) is 12.1 Å². The highest BCUT2D eigenvalue weighted by atomic mass is 15.2. The first-order chi connectivity index (χ1) is 10.0. The maximum absolute atomic E-state index is 5.94. The van der Waals surface area contributed by atoms with E-state index >= 15 is 0 Å². The molecule has 5 heteroatoms. The number of rotatable bonds is 4. The molecule has 1 aliphatic carbocycles. The SMILES string of the molecule is Cc1c(C2C=C(NC3CC3)NC(N)=N2)cccc1N(C)C. The normalized spacial score (nSPS) is 21.2. The van der Waals surface area contributed by atoms with E-state index in [1.807, 2.05) is 0 Å². The van der Waals surface area contributed by atoms with Crippen molar-refractivity contribution in [1.82, 2.24) is 10.6 Å². The lowest BCUT2D eigenvalue weighted by Gasteiger charge is -2.24. The summed E-state index contributed by atoms with van der Waals surface area (Å²) in [6.07, 6.45) is 4.59. The van der Waals surface area contributed by atoms with Gasteiger partial charge in [0.05, 0.1) is 0 Å². The number of nitrogens with two attached hydrogens (primary N) is 1. The van der Waals surface area contributed by atoms with E-state index in [2.05, 4.69) is 65.8 Å². The van der Waals surface area contributed by atoms with Crippen LogP contribution in [0.5, 0.6) is 0 Å². The van der Waals surface area contributed by atoms with Crippen LogP contribution in [0.1, 0.15) is 30.0 Å². The van der Waals surface area contributed by atoms with Gasteiger partial charge in [-0.05, 0) is 43.0 Å². The smallest absolute Gasteiger partial charge is 0.195 e. The zero-order valence-electron chi connectivity index (χ0n) is 12.9. The largest absolute Gasteiger partial charge is 0.377 e. The van der Waals surface area contributed by atoms with Crippen molar-refractivity contribution in [2.45, 2.75) is 31.8 Å². The molecule has 1 aromatic rings. The van der Waals surface area contributed by atoms with Crippen LogP contribution in [-0.4, -0.2) is 26.1 Å². The first-order valence-electron chi connectivity index (χ1n) is 7.40. The summed E-state index contributed by atoms with van der Waals surface area (Å²) in [7, 11) is 4.12. The minimum absolute atomic E-state index is 0.0348. The van der Waals surface area contributed by atoms with Gasteiger partial charge in [-0.25, -0.2) is 4.99 Å². The molecule has 0 saturated heterocycles. The van der Waals surface area contributed by atoms with E-state index in [9.17, 15) is 0 Å². The summed E-state index contributed by atoms with van der Waals surface area (Å²) in [5.74, 6) is 1.45. The van der Waals surface area contributed by atoms with E-state index < -0.39 is 0 Å². The van der Waals surface area contributed by atoms with Crippen molar-refractivity contribution in [3.05, 3.63) is 41.2 Å². The molecular weight excluding hydrogens is 262 g/mol. The number of benzene rings is 1. The molecule has 0 bridgehead atoms. The summed E-state index contributed by atoms with van der Waals surface area (Å²) in [6, 6.07) is 6.88. The van der Waals surface area contributed by atoms with E-state index in [1.165, 1.54) is 29.7 Å². The first-order valence-corrected chi connectivity index (χ1v) is 7.40. The van der Waals surface area contributed by atoms with Crippen molar-refractivity contribution in [2.75, 3.05) is 19.0 Å². The quantitative estimate of drug-likeness (QED) is 0.786.